The van der Waals surface area contributed by atoms with Crippen LogP contribution >= 0.6 is 0 Å². The van der Waals surface area contributed by atoms with Crippen molar-refractivity contribution < 1.29 is 0 Å². The van der Waals surface area contributed by atoms with Crippen LogP contribution in [0.15, 0.2) is 36.7 Å². The molecule has 1 aromatic heterocycles. The van der Waals surface area contributed by atoms with Gasteiger partial charge in [-0.3, -0.25) is 4.68 Å². The molecule has 0 aliphatic carbocycles. The lowest BCUT2D eigenvalue weighted by atomic mass is 10.0. The standard InChI is InChI=1S/C15H21N3/c1-11-6-5-7-14(8-11)12(2)17-13(3)15-9-16-18(4)10-15/h5-10,12-13,17H,1-4H3/t12-,13?/m1/s1. The largest absolute Gasteiger partial charge is 0.304 e. The Kier molecular flexibility index (Phi) is 3.82. The van der Waals surface area contributed by atoms with E-state index in [2.05, 4.69) is 61.6 Å². The summed E-state index contributed by atoms with van der Waals surface area (Å²) < 4.78 is 1.84. The maximum atomic E-state index is 4.21. The fraction of sp³-hybridized carbons (Fsp3) is 0.400. The number of aryl methyl sites for hydroxylation is 2. The first kappa shape index (κ1) is 12.8. The van der Waals surface area contributed by atoms with Gasteiger partial charge in [0, 0.05) is 30.9 Å². The zero-order valence-corrected chi connectivity index (χ0v) is 11.5. The van der Waals surface area contributed by atoms with E-state index >= 15 is 0 Å². The zero-order valence-electron chi connectivity index (χ0n) is 11.5. The van der Waals surface area contributed by atoms with Gasteiger partial charge in [-0.05, 0) is 26.3 Å². The second-order valence-electron chi connectivity index (χ2n) is 4.97. The third-order valence-electron chi connectivity index (χ3n) is 3.27. The summed E-state index contributed by atoms with van der Waals surface area (Å²) in [5.41, 5.74) is 3.85. The third kappa shape index (κ3) is 2.99. The molecule has 0 saturated carbocycles. The molecule has 0 fully saturated rings. The molecule has 3 heteroatoms. The van der Waals surface area contributed by atoms with Crippen LogP contribution < -0.4 is 5.32 Å². The van der Waals surface area contributed by atoms with Gasteiger partial charge in [-0.1, -0.05) is 29.8 Å². The Labute approximate surface area is 109 Å². The third-order valence-corrected chi connectivity index (χ3v) is 3.27. The molecule has 96 valence electrons. The molecule has 0 bridgehead atoms. The fourth-order valence-electron chi connectivity index (χ4n) is 2.17. The highest BCUT2D eigenvalue weighted by atomic mass is 15.2. The van der Waals surface area contributed by atoms with Crippen molar-refractivity contribution in [2.24, 2.45) is 7.05 Å². The first-order valence-electron chi connectivity index (χ1n) is 6.37. The van der Waals surface area contributed by atoms with Crippen molar-refractivity contribution in [2.75, 3.05) is 0 Å². The molecule has 0 spiro atoms. The topological polar surface area (TPSA) is 29.9 Å². The molecule has 1 N–H and O–H groups in total. The van der Waals surface area contributed by atoms with Crippen molar-refractivity contribution in [3.63, 3.8) is 0 Å². The maximum absolute atomic E-state index is 4.21. The van der Waals surface area contributed by atoms with E-state index < -0.39 is 0 Å². The SMILES string of the molecule is Cc1cccc([C@@H](C)NC(C)c2cnn(C)c2)c1. The van der Waals surface area contributed by atoms with Crippen LogP contribution in [0.25, 0.3) is 0 Å². The van der Waals surface area contributed by atoms with Crippen molar-refractivity contribution in [2.45, 2.75) is 32.9 Å². The van der Waals surface area contributed by atoms with Gasteiger partial charge in [0.1, 0.15) is 0 Å². The Morgan fingerprint density at radius 2 is 1.89 bits per heavy atom. The van der Waals surface area contributed by atoms with E-state index in [0.29, 0.717) is 12.1 Å². The smallest absolute Gasteiger partial charge is 0.0537 e. The molecular formula is C15H21N3. The predicted molar refractivity (Wildman–Crippen MR) is 74.4 cm³/mol. The van der Waals surface area contributed by atoms with E-state index in [-0.39, 0.29) is 0 Å². The molecule has 0 aliphatic rings. The van der Waals surface area contributed by atoms with Gasteiger partial charge in [0.05, 0.1) is 6.20 Å². The molecule has 3 nitrogen and oxygen atoms in total. The van der Waals surface area contributed by atoms with Crippen molar-refractivity contribution in [1.29, 1.82) is 0 Å². The van der Waals surface area contributed by atoms with Gasteiger partial charge >= 0.3 is 0 Å². The minimum absolute atomic E-state index is 0.300. The first-order chi connectivity index (χ1) is 8.56. The minimum Gasteiger partial charge on any atom is -0.304 e. The van der Waals surface area contributed by atoms with Gasteiger partial charge in [0.15, 0.2) is 0 Å². The van der Waals surface area contributed by atoms with Crippen LogP contribution in [0.4, 0.5) is 0 Å². The molecule has 2 atom stereocenters. The summed E-state index contributed by atoms with van der Waals surface area (Å²) in [4.78, 5) is 0. The van der Waals surface area contributed by atoms with Gasteiger partial charge in [0.25, 0.3) is 0 Å². The first-order valence-corrected chi connectivity index (χ1v) is 6.37. The van der Waals surface area contributed by atoms with Gasteiger partial charge in [-0.25, -0.2) is 0 Å². The number of nitrogens with one attached hydrogen (secondary N) is 1. The average molecular weight is 243 g/mol. The predicted octanol–water partition coefficient (Wildman–Crippen LogP) is 3.14. The van der Waals surface area contributed by atoms with Crippen LogP contribution in [0.5, 0.6) is 0 Å². The summed E-state index contributed by atoms with van der Waals surface area (Å²) in [5, 5.41) is 7.81. The van der Waals surface area contributed by atoms with E-state index in [4.69, 9.17) is 0 Å². The summed E-state index contributed by atoms with van der Waals surface area (Å²) in [6, 6.07) is 9.27. The zero-order chi connectivity index (χ0) is 13.1. The van der Waals surface area contributed by atoms with Gasteiger partial charge in [-0.15, -0.1) is 0 Å². The lowest BCUT2D eigenvalue weighted by Crippen LogP contribution is -2.22. The molecule has 0 saturated heterocycles. The highest BCUT2D eigenvalue weighted by Crippen LogP contribution is 2.19. The Morgan fingerprint density at radius 1 is 1.17 bits per heavy atom. The van der Waals surface area contributed by atoms with E-state index in [1.165, 1.54) is 16.7 Å². The minimum atomic E-state index is 0.300. The van der Waals surface area contributed by atoms with Gasteiger partial charge in [-0.2, -0.15) is 5.10 Å². The fourth-order valence-corrected chi connectivity index (χ4v) is 2.17. The number of nitrogens with zero attached hydrogens (tertiary/aromatic N) is 2. The van der Waals surface area contributed by atoms with E-state index in [1.807, 2.05) is 17.9 Å². The number of rotatable bonds is 4. The van der Waals surface area contributed by atoms with Crippen molar-refractivity contribution in [3.8, 4) is 0 Å². The molecule has 1 unspecified atom stereocenters. The number of aromatic nitrogens is 2. The van der Waals surface area contributed by atoms with Crippen molar-refractivity contribution in [1.82, 2.24) is 15.1 Å². The summed E-state index contributed by atoms with van der Waals surface area (Å²) in [6.07, 6.45) is 3.97. The lowest BCUT2D eigenvalue weighted by Gasteiger charge is -2.19. The Bertz CT molecular complexity index is 516. The van der Waals surface area contributed by atoms with Gasteiger partial charge in [0.2, 0.25) is 0 Å². The normalized spacial score (nSPS) is 14.4. The van der Waals surface area contributed by atoms with Crippen molar-refractivity contribution in [3.05, 3.63) is 53.3 Å². The highest BCUT2D eigenvalue weighted by Gasteiger charge is 2.12. The summed E-state index contributed by atoms with van der Waals surface area (Å²) >= 11 is 0. The van der Waals surface area contributed by atoms with E-state index in [1.54, 1.807) is 0 Å². The number of hydrogen-bond donors (Lipinski definition) is 1. The Morgan fingerprint density at radius 3 is 2.50 bits per heavy atom. The molecule has 0 radical (unpaired) electrons. The maximum Gasteiger partial charge on any atom is 0.0537 e. The second kappa shape index (κ2) is 5.36. The summed E-state index contributed by atoms with van der Waals surface area (Å²) in [5.74, 6) is 0. The van der Waals surface area contributed by atoms with E-state index in [9.17, 15) is 0 Å². The quantitative estimate of drug-likeness (QED) is 0.894. The number of hydrogen-bond acceptors (Lipinski definition) is 2. The molecule has 0 amide bonds. The monoisotopic (exact) mass is 243 g/mol. The molecule has 2 rings (SSSR count). The lowest BCUT2D eigenvalue weighted by molar-refractivity contribution is 0.494. The summed E-state index contributed by atoms with van der Waals surface area (Å²) in [6.45, 7) is 6.49. The summed E-state index contributed by atoms with van der Waals surface area (Å²) in [7, 11) is 1.94. The van der Waals surface area contributed by atoms with Crippen LogP contribution in [-0.4, -0.2) is 9.78 Å². The Balaban J connectivity index is 2.05. The van der Waals surface area contributed by atoms with Crippen LogP contribution in [-0.2, 0) is 7.05 Å². The molecule has 1 aromatic carbocycles. The molecular weight excluding hydrogens is 222 g/mol. The molecule has 0 aliphatic heterocycles. The van der Waals surface area contributed by atoms with Crippen molar-refractivity contribution >= 4 is 0 Å². The number of benzene rings is 1. The van der Waals surface area contributed by atoms with Crippen LogP contribution in [0.1, 0.15) is 42.6 Å². The van der Waals surface area contributed by atoms with Crippen LogP contribution in [0, 0.1) is 6.92 Å². The average Bonchev–Trinajstić information content (AvgIpc) is 2.76. The van der Waals surface area contributed by atoms with Gasteiger partial charge < -0.3 is 5.32 Å². The second-order valence-corrected chi connectivity index (χ2v) is 4.97. The Hall–Kier alpha value is -1.61. The van der Waals surface area contributed by atoms with E-state index in [0.717, 1.165) is 0 Å². The molecule has 1 heterocycles. The molecule has 18 heavy (non-hydrogen) atoms. The highest BCUT2D eigenvalue weighted by molar-refractivity contribution is 5.25. The van der Waals surface area contributed by atoms with Crippen LogP contribution in [0.3, 0.4) is 0 Å². The van der Waals surface area contributed by atoms with Crippen LogP contribution in [0.2, 0.25) is 0 Å². The molecule has 2 aromatic rings.